The van der Waals surface area contributed by atoms with Crippen LogP contribution >= 0.6 is 34.8 Å². The molecule has 0 fully saturated rings. The molecule has 3 aromatic carbocycles. The van der Waals surface area contributed by atoms with Crippen molar-refractivity contribution < 1.29 is 18.7 Å². The number of carbonyl (C=O) groups is 1. The van der Waals surface area contributed by atoms with Crippen molar-refractivity contribution in [1.82, 2.24) is 0 Å². The summed E-state index contributed by atoms with van der Waals surface area (Å²) in [4.78, 5) is 25.1. The van der Waals surface area contributed by atoms with Gasteiger partial charge in [0.2, 0.25) is 11.2 Å². The molecule has 4 rings (SSSR count). The third kappa shape index (κ3) is 5.47. The van der Waals surface area contributed by atoms with Crippen molar-refractivity contribution >= 4 is 57.4 Å². The molecule has 34 heavy (non-hydrogen) atoms. The molecule has 0 spiro atoms. The van der Waals surface area contributed by atoms with Crippen LogP contribution in [0, 0.1) is 13.8 Å². The molecule has 0 saturated heterocycles. The highest BCUT2D eigenvalue weighted by Gasteiger charge is 2.13. The van der Waals surface area contributed by atoms with E-state index in [0.717, 1.165) is 11.1 Å². The van der Waals surface area contributed by atoms with Crippen LogP contribution in [-0.4, -0.2) is 12.5 Å². The van der Waals surface area contributed by atoms with Gasteiger partial charge < -0.3 is 19.2 Å². The van der Waals surface area contributed by atoms with Crippen LogP contribution in [0.3, 0.4) is 0 Å². The highest BCUT2D eigenvalue weighted by atomic mass is 35.5. The van der Waals surface area contributed by atoms with E-state index in [1.165, 1.54) is 12.3 Å². The van der Waals surface area contributed by atoms with Crippen LogP contribution in [0.1, 0.15) is 11.1 Å². The predicted octanol–water partition coefficient (Wildman–Crippen LogP) is 7.18. The summed E-state index contributed by atoms with van der Waals surface area (Å²) in [5.74, 6) is 0.476. The maximum atomic E-state index is 12.9. The lowest BCUT2D eigenvalue weighted by molar-refractivity contribution is -0.118. The number of rotatable bonds is 6. The van der Waals surface area contributed by atoms with Crippen LogP contribution < -0.4 is 20.2 Å². The number of aryl methyl sites for hydroxylation is 2. The molecular weight excluding hydrogens is 501 g/mol. The van der Waals surface area contributed by atoms with Gasteiger partial charge in [-0.15, -0.1) is 0 Å². The number of anilines is 1. The fourth-order valence-corrected chi connectivity index (χ4v) is 3.95. The molecule has 174 valence electrons. The van der Waals surface area contributed by atoms with Crippen LogP contribution in [0.4, 0.5) is 5.69 Å². The van der Waals surface area contributed by atoms with Crippen molar-refractivity contribution in [3.05, 3.63) is 91.2 Å². The number of fused-ring (bicyclic) bond motifs is 1. The first kappa shape index (κ1) is 24.0. The summed E-state index contributed by atoms with van der Waals surface area (Å²) < 4.78 is 16.9. The van der Waals surface area contributed by atoms with Gasteiger partial charge in [-0.2, -0.15) is 0 Å². The summed E-state index contributed by atoms with van der Waals surface area (Å²) in [6.07, 6.45) is 1.24. The van der Waals surface area contributed by atoms with Crippen LogP contribution in [0.2, 0.25) is 15.1 Å². The first-order valence-corrected chi connectivity index (χ1v) is 11.2. The zero-order valence-corrected chi connectivity index (χ0v) is 20.3. The number of hydrogen-bond donors (Lipinski definition) is 1. The quantitative estimate of drug-likeness (QED) is 0.292. The Kier molecular flexibility index (Phi) is 7.03. The fourth-order valence-electron chi connectivity index (χ4n) is 3.32. The fraction of sp³-hybridized carbons (Fsp3) is 0.120. The van der Waals surface area contributed by atoms with Crippen molar-refractivity contribution in [2.75, 3.05) is 11.9 Å². The predicted molar refractivity (Wildman–Crippen MR) is 134 cm³/mol. The summed E-state index contributed by atoms with van der Waals surface area (Å²) in [5, 5.41) is 4.41. The van der Waals surface area contributed by atoms with E-state index in [1.54, 1.807) is 42.5 Å². The van der Waals surface area contributed by atoms with Crippen LogP contribution in [0.5, 0.6) is 17.2 Å². The second kappa shape index (κ2) is 9.97. The molecule has 0 radical (unpaired) electrons. The molecular formula is C25H18Cl3NO5. The van der Waals surface area contributed by atoms with Gasteiger partial charge in [-0.1, -0.05) is 34.8 Å². The van der Waals surface area contributed by atoms with Crippen molar-refractivity contribution in [1.29, 1.82) is 0 Å². The number of halogens is 3. The minimum Gasteiger partial charge on any atom is -0.484 e. The van der Waals surface area contributed by atoms with Gasteiger partial charge in [0.1, 0.15) is 23.3 Å². The Balaban J connectivity index is 1.47. The Morgan fingerprint density at radius 3 is 2.29 bits per heavy atom. The Morgan fingerprint density at radius 2 is 1.62 bits per heavy atom. The molecule has 1 N–H and O–H groups in total. The molecule has 1 aromatic heterocycles. The Labute approximate surface area is 210 Å². The summed E-state index contributed by atoms with van der Waals surface area (Å²) >= 11 is 18.1. The molecule has 0 aliphatic carbocycles. The van der Waals surface area contributed by atoms with Gasteiger partial charge in [-0.05, 0) is 67.4 Å². The van der Waals surface area contributed by atoms with Crippen molar-refractivity contribution in [2.24, 2.45) is 0 Å². The lowest BCUT2D eigenvalue weighted by Gasteiger charge is -2.10. The van der Waals surface area contributed by atoms with E-state index in [4.69, 9.17) is 48.7 Å². The Bertz CT molecular complexity index is 1420. The van der Waals surface area contributed by atoms with E-state index >= 15 is 0 Å². The summed E-state index contributed by atoms with van der Waals surface area (Å²) in [6.45, 7) is 3.45. The average molecular weight is 519 g/mol. The summed E-state index contributed by atoms with van der Waals surface area (Å²) in [5.41, 5.74) is 2.08. The number of hydrogen-bond acceptors (Lipinski definition) is 5. The van der Waals surface area contributed by atoms with Crippen molar-refractivity contribution in [2.45, 2.75) is 13.8 Å². The van der Waals surface area contributed by atoms with Crippen molar-refractivity contribution in [3.8, 4) is 17.2 Å². The molecule has 6 nitrogen and oxygen atoms in total. The molecule has 1 amide bonds. The van der Waals surface area contributed by atoms with Gasteiger partial charge in [0.05, 0.1) is 5.39 Å². The highest BCUT2D eigenvalue weighted by molar-refractivity contribution is 6.35. The van der Waals surface area contributed by atoms with Gasteiger partial charge in [-0.25, -0.2) is 0 Å². The van der Waals surface area contributed by atoms with Gasteiger partial charge in [0, 0.05) is 26.8 Å². The smallest absolute Gasteiger partial charge is 0.262 e. The minimum atomic E-state index is -0.405. The zero-order chi connectivity index (χ0) is 24.4. The molecule has 0 aliphatic heterocycles. The monoisotopic (exact) mass is 517 g/mol. The van der Waals surface area contributed by atoms with Crippen LogP contribution in [0.25, 0.3) is 11.0 Å². The van der Waals surface area contributed by atoms with E-state index in [2.05, 4.69) is 5.32 Å². The minimum absolute atomic E-state index is 0.0434. The topological polar surface area (TPSA) is 77.8 Å². The highest BCUT2D eigenvalue weighted by Crippen LogP contribution is 2.29. The molecule has 9 heteroatoms. The van der Waals surface area contributed by atoms with E-state index < -0.39 is 5.91 Å². The lowest BCUT2D eigenvalue weighted by atomic mass is 10.1. The second-order valence-corrected chi connectivity index (χ2v) is 8.81. The Hall–Kier alpha value is -3.19. The third-order valence-corrected chi connectivity index (χ3v) is 5.90. The normalized spacial score (nSPS) is 10.9. The summed E-state index contributed by atoms with van der Waals surface area (Å²) in [6, 6.07) is 12.9. The first-order chi connectivity index (χ1) is 16.2. The number of carbonyl (C=O) groups excluding carboxylic acids is 1. The number of amides is 1. The first-order valence-electron chi connectivity index (χ1n) is 10.1. The van der Waals surface area contributed by atoms with Gasteiger partial charge >= 0.3 is 0 Å². The van der Waals surface area contributed by atoms with E-state index in [9.17, 15) is 9.59 Å². The Morgan fingerprint density at radius 1 is 0.941 bits per heavy atom. The number of nitrogens with one attached hydrogen (secondary N) is 1. The zero-order valence-electron chi connectivity index (χ0n) is 18.1. The van der Waals surface area contributed by atoms with E-state index in [0.29, 0.717) is 43.2 Å². The molecule has 1 heterocycles. The van der Waals surface area contributed by atoms with Crippen LogP contribution in [0.15, 0.2) is 64.0 Å². The second-order valence-electron chi connectivity index (χ2n) is 7.56. The van der Waals surface area contributed by atoms with Crippen LogP contribution in [-0.2, 0) is 4.79 Å². The van der Waals surface area contributed by atoms with Gasteiger partial charge in [0.15, 0.2) is 6.61 Å². The third-order valence-electron chi connectivity index (χ3n) is 4.87. The lowest BCUT2D eigenvalue weighted by Crippen LogP contribution is -2.20. The van der Waals surface area contributed by atoms with Crippen molar-refractivity contribution in [3.63, 3.8) is 0 Å². The maximum absolute atomic E-state index is 12.9. The maximum Gasteiger partial charge on any atom is 0.262 e. The molecule has 0 atom stereocenters. The van der Waals surface area contributed by atoms with Gasteiger partial charge in [0.25, 0.3) is 5.91 Å². The molecule has 0 aliphatic rings. The molecule has 0 unspecified atom stereocenters. The standard InChI is InChI=1S/C25H18Cl3NO5/c1-13-5-19(6-14(2)24(13)28)34-22-11-33-21-10-18(3-4-20(21)25(22)31)32-12-23(30)29-17-8-15(26)7-16(27)9-17/h3-11H,12H2,1-2H3,(H,29,30). The van der Waals surface area contributed by atoms with E-state index in [-0.39, 0.29) is 17.8 Å². The number of ether oxygens (including phenoxy) is 2. The average Bonchev–Trinajstić information content (AvgIpc) is 2.77. The largest absolute Gasteiger partial charge is 0.484 e. The summed E-state index contributed by atoms with van der Waals surface area (Å²) in [7, 11) is 0. The number of benzene rings is 3. The SMILES string of the molecule is Cc1cc(Oc2coc3cc(OCC(=O)Nc4cc(Cl)cc(Cl)c4)ccc3c2=O)cc(C)c1Cl. The van der Waals surface area contributed by atoms with E-state index in [1.807, 2.05) is 13.8 Å². The molecule has 0 bridgehead atoms. The van der Waals surface area contributed by atoms with Gasteiger partial charge in [-0.3, -0.25) is 9.59 Å². The molecule has 0 saturated carbocycles. The molecule has 4 aromatic rings.